The van der Waals surface area contributed by atoms with Crippen LogP contribution in [-0.2, 0) is 10.0 Å². The summed E-state index contributed by atoms with van der Waals surface area (Å²) in [5.41, 5.74) is 1.92. The molecule has 0 radical (unpaired) electrons. The van der Waals surface area contributed by atoms with Gasteiger partial charge in [-0.3, -0.25) is 4.72 Å². The van der Waals surface area contributed by atoms with Crippen molar-refractivity contribution < 1.29 is 13.2 Å². The summed E-state index contributed by atoms with van der Waals surface area (Å²) in [6.07, 6.45) is 0. The van der Waals surface area contributed by atoms with Crippen molar-refractivity contribution in [2.24, 2.45) is 0 Å². The van der Waals surface area contributed by atoms with Crippen molar-refractivity contribution in [3.05, 3.63) is 66.2 Å². The summed E-state index contributed by atoms with van der Waals surface area (Å²) in [5, 5.41) is 15.1. The highest BCUT2D eigenvalue weighted by molar-refractivity contribution is 7.92. The van der Waals surface area contributed by atoms with E-state index in [1.54, 1.807) is 60.7 Å². The van der Waals surface area contributed by atoms with Gasteiger partial charge in [-0.05, 0) is 59.8 Å². The number of tetrazole rings is 1. The summed E-state index contributed by atoms with van der Waals surface area (Å²) in [6, 6.07) is 16.4. The van der Waals surface area contributed by atoms with Crippen molar-refractivity contribution in [1.82, 2.24) is 25.3 Å². The lowest BCUT2D eigenvalue weighted by molar-refractivity contribution is 0.447. The highest BCUT2D eigenvalue weighted by Gasteiger charge is 2.14. The third-order valence-corrected chi connectivity index (χ3v) is 5.10. The number of ether oxygens (including phenoxy) is 1. The molecule has 4 aromatic rings. The van der Waals surface area contributed by atoms with Crippen LogP contribution in [0.4, 0.5) is 5.69 Å². The lowest BCUT2D eigenvalue weighted by Crippen LogP contribution is -2.12. The molecule has 0 unspecified atom stereocenters. The largest absolute Gasteiger partial charge is 0.438 e. The molecule has 0 atom stereocenters. The molecule has 4 rings (SSSR count). The van der Waals surface area contributed by atoms with Gasteiger partial charge in [-0.25, -0.2) is 8.42 Å². The van der Waals surface area contributed by atoms with E-state index in [-0.39, 0.29) is 4.90 Å². The van der Waals surface area contributed by atoms with Gasteiger partial charge in [0.1, 0.15) is 5.75 Å². The Kier molecular flexibility index (Phi) is 4.16. The topological polar surface area (TPSA) is 111 Å². The molecule has 2 aromatic carbocycles. The van der Waals surface area contributed by atoms with Gasteiger partial charge in [0.2, 0.25) is 5.88 Å². The molecule has 0 fully saturated rings. The summed E-state index contributed by atoms with van der Waals surface area (Å²) in [5.74, 6) is 0.802. The van der Waals surface area contributed by atoms with E-state index in [9.17, 15) is 8.42 Å². The quantitative estimate of drug-likeness (QED) is 0.564. The SMILES string of the molecule is Cc1ccc(S(=O)(=O)Nc2ccc(Oc3ccc4nnnn4n3)cc2)cc1. The summed E-state index contributed by atoms with van der Waals surface area (Å²) < 4.78 is 34.2. The maximum Gasteiger partial charge on any atom is 0.261 e. The van der Waals surface area contributed by atoms with Gasteiger partial charge >= 0.3 is 0 Å². The first kappa shape index (κ1) is 16.9. The first-order valence-electron chi connectivity index (χ1n) is 7.92. The first-order chi connectivity index (χ1) is 13.0. The maximum absolute atomic E-state index is 12.4. The Balaban J connectivity index is 1.49. The smallest absolute Gasteiger partial charge is 0.261 e. The molecular weight excluding hydrogens is 368 g/mol. The molecule has 0 spiro atoms. The van der Waals surface area contributed by atoms with Gasteiger partial charge in [0.25, 0.3) is 10.0 Å². The van der Waals surface area contributed by atoms with Crippen LogP contribution in [0.5, 0.6) is 11.6 Å². The molecule has 0 bridgehead atoms. The number of hydrogen-bond donors (Lipinski definition) is 1. The normalized spacial score (nSPS) is 11.4. The molecule has 1 N–H and O–H groups in total. The Labute approximate surface area is 154 Å². The van der Waals surface area contributed by atoms with Crippen molar-refractivity contribution in [1.29, 1.82) is 0 Å². The number of anilines is 1. The second kappa shape index (κ2) is 6.65. The van der Waals surface area contributed by atoms with E-state index >= 15 is 0 Å². The number of benzene rings is 2. The molecule has 0 aliphatic rings. The van der Waals surface area contributed by atoms with Crippen molar-refractivity contribution in [2.45, 2.75) is 11.8 Å². The number of nitrogens with zero attached hydrogens (tertiary/aromatic N) is 5. The van der Waals surface area contributed by atoms with Crippen LogP contribution >= 0.6 is 0 Å². The molecular formula is C17H14N6O3S. The Morgan fingerprint density at radius 1 is 0.963 bits per heavy atom. The second-order valence-electron chi connectivity index (χ2n) is 5.74. The van der Waals surface area contributed by atoms with E-state index in [1.807, 2.05) is 6.92 Å². The minimum atomic E-state index is -3.65. The van der Waals surface area contributed by atoms with Crippen LogP contribution < -0.4 is 9.46 Å². The average Bonchev–Trinajstić information content (AvgIpc) is 3.11. The van der Waals surface area contributed by atoms with Gasteiger partial charge in [-0.15, -0.1) is 14.8 Å². The summed E-state index contributed by atoms with van der Waals surface area (Å²) >= 11 is 0. The van der Waals surface area contributed by atoms with E-state index in [4.69, 9.17) is 4.74 Å². The zero-order valence-corrected chi connectivity index (χ0v) is 15.0. The van der Waals surface area contributed by atoms with Gasteiger partial charge in [-0.1, -0.05) is 17.7 Å². The van der Waals surface area contributed by atoms with Gasteiger partial charge in [0.15, 0.2) is 5.65 Å². The molecule has 0 saturated carbocycles. The number of sulfonamides is 1. The number of rotatable bonds is 5. The minimum absolute atomic E-state index is 0.201. The number of fused-ring (bicyclic) bond motifs is 1. The molecule has 136 valence electrons. The zero-order valence-electron chi connectivity index (χ0n) is 14.1. The molecule has 2 heterocycles. The molecule has 0 amide bonds. The van der Waals surface area contributed by atoms with Crippen molar-refractivity contribution in [3.8, 4) is 11.6 Å². The van der Waals surface area contributed by atoms with Crippen molar-refractivity contribution in [2.75, 3.05) is 4.72 Å². The zero-order chi connectivity index (χ0) is 18.9. The third kappa shape index (κ3) is 3.70. The molecule has 0 saturated heterocycles. The highest BCUT2D eigenvalue weighted by Crippen LogP contribution is 2.23. The molecule has 9 nitrogen and oxygen atoms in total. The fourth-order valence-electron chi connectivity index (χ4n) is 2.33. The number of aromatic nitrogens is 5. The van der Waals surface area contributed by atoms with Gasteiger partial charge in [0, 0.05) is 11.8 Å². The molecule has 10 heteroatoms. The Morgan fingerprint density at radius 3 is 2.44 bits per heavy atom. The molecule has 27 heavy (non-hydrogen) atoms. The van der Waals surface area contributed by atoms with E-state index in [1.165, 1.54) is 4.63 Å². The predicted molar refractivity (Wildman–Crippen MR) is 97.1 cm³/mol. The number of nitrogens with one attached hydrogen (secondary N) is 1. The van der Waals surface area contributed by atoms with Crippen molar-refractivity contribution in [3.63, 3.8) is 0 Å². The van der Waals surface area contributed by atoms with Crippen LogP contribution in [0.15, 0.2) is 65.6 Å². The molecule has 2 aromatic heterocycles. The highest BCUT2D eigenvalue weighted by atomic mass is 32.2. The maximum atomic E-state index is 12.4. The van der Waals surface area contributed by atoms with Gasteiger partial charge < -0.3 is 4.74 Å². The predicted octanol–water partition coefficient (Wildman–Crippen LogP) is 2.42. The fourth-order valence-corrected chi connectivity index (χ4v) is 3.39. The van der Waals surface area contributed by atoms with Crippen LogP contribution in [0.3, 0.4) is 0 Å². The van der Waals surface area contributed by atoms with Crippen LogP contribution in [-0.4, -0.2) is 33.7 Å². The van der Waals surface area contributed by atoms with Crippen molar-refractivity contribution >= 4 is 21.4 Å². The number of hydrogen-bond acceptors (Lipinski definition) is 7. The van der Waals surface area contributed by atoms with Gasteiger partial charge in [0.05, 0.1) is 4.90 Å². The Morgan fingerprint density at radius 2 is 1.70 bits per heavy atom. The van der Waals surface area contributed by atoms with E-state index in [0.717, 1.165) is 5.56 Å². The standard InChI is InChI=1S/C17H14N6O3S/c1-12-2-8-15(9-3-12)27(24,25)20-13-4-6-14(7-5-13)26-17-11-10-16-18-21-22-23(16)19-17/h2-11,20H,1H3. The summed E-state index contributed by atoms with van der Waals surface area (Å²) in [7, 11) is -3.65. The molecule has 0 aliphatic heterocycles. The minimum Gasteiger partial charge on any atom is -0.438 e. The molecule has 0 aliphatic carbocycles. The fraction of sp³-hybridized carbons (Fsp3) is 0.0588. The lowest BCUT2D eigenvalue weighted by Gasteiger charge is -2.09. The van der Waals surface area contributed by atoms with Crippen LogP contribution in [0.1, 0.15) is 5.56 Å². The summed E-state index contributed by atoms with van der Waals surface area (Å²) in [4.78, 5) is 0.201. The van der Waals surface area contributed by atoms with E-state index in [2.05, 4.69) is 25.3 Å². The van der Waals surface area contributed by atoms with Gasteiger partial charge in [-0.2, -0.15) is 0 Å². The Hall–Kier alpha value is -3.53. The van der Waals surface area contributed by atoms with E-state index in [0.29, 0.717) is 23.0 Å². The first-order valence-corrected chi connectivity index (χ1v) is 9.41. The lowest BCUT2D eigenvalue weighted by atomic mass is 10.2. The summed E-state index contributed by atoms with van der Waals surface area (Å²) in [6.45, 7) is 1.90. The second-order valence-corrected chi connectivity index (χ2v) is 7.43. The van der Waals surface area contributed by atoms with Crippen LogP contribution in [0.2, 0.25) is 0 Å². The third-order valence-electron chi connectivity index (χ3n) is 3.71. The van der Waals surface area contributed by atoms with Crippen LogP contribution in [0.25, 0.3) is 5.65 Å². The monoisotopic (exact) mass is 382 g/mol. The van der Waals surface area contributed by atoms with E-state index < -0.39 is 10.0 Å². The van der Waals surface area contributed by atoms with Crippen LogP contribution in [0, 0.1) is 6.92 Å². The average molecular weight is 382 g/mol. The Bertz CT molecular complexity index is 1190. The number of aryl methyl sites for hydroxylation is 1.